The van der Waals surface area contributed by atoms with Crippen LogP contribution in [0.1, 0.15) is 130 Å². The minimum absolute atomic E-state index is 0.786. The first-order chi connectivity index (χ1) is 11.7. The molecular weight excluding hydrogens is 288 g/mol. The van der Waals surface area contributed by atoms with Crippen molar-refractivity contribution < 1.29 is 0 Å². The van der Waals surface area contributed by atoms with Crippen molar-refractivity contribution in [2.75, 3.05) is 0 Å². The molecule has 2 unspecified atom stereocenters. The van der Waals surface area contributed by atoms with Gasteiger partial charge in [0.2, 0.25) is 0 Å². The lowest BCUT2D eigenvalue weighted by molar-refractivity contribution is 0.431. The predicted molar refractivity (Wildman–Crippen MR) is 113 cm³/mol. The maximum Gasteiger partial charge on any atom is -0.0262 e. The SMILES string of the molecule is CCC=CC(C)CCCCCCCCCC(C)CCCCCCC. The molecule has 0 aliphatic heterocycles. The summed E-state index contributed by atoms with van der Waals surface area (Å²) in [7, 11) is 0. The topological polar surface area (TPSA) is 0 Å². The number of allylic oxidation sites excluding steroid dienone is 2. The van der Waals surface area contributed by atoms with E-state index in [0.29, 0.717) is 0 Å². The third-order valence-electron chi connectivity index (χ3n) is 5.36. The van der Waals surface area contributed by atoms with Crippen LogP contribution in [0.5, 0.6) is 0 Å². The molecule has 24 heavy (non-hydrogen) atoms. The summed E-state index contributed by atoms with van der Waals surface area (Å²) in [5.74, 6) is 1.75. The average Bonchev–Trinajstić information content (AvgIpc) is 2.58. The molecule has 0 aromatic heterocycles. The summed E-state index contributed by atoms with van der Waals surface area (Å²) in [4.78, 5) is 0. The highest BCUT2D eigenvalue weighted by molar-refractivity contribution is 4.85. The summed E-state index contributed by atoms with van der Waals surface area (Å²) in [5, 5.41) is 0. The van der Waals surface area contributed by atoms with Gasteiger partial charge < -0.3 is 0 Å². The van der Waals surface area contributed by atoms with Crippen molar-refractivity contribution in [1.29, 1.82) is 0 Å². The van der Waals surface area contributed by atoms with Gasteiger partial charge in [0.05, 0.1) is 0 Å². The van der Waals surface area contributed by atoms with Gasteiger partial charge in [-0.2, -0.15) is 0 Å². The minimum atomic E-state index is 0.786. The largest absolute Gasteiger partial charge is 0.0885 e. The van der Waals surface area contributed by atoms with E-state index in [0.717, 1.165) is 11.8 Å². The van der Waals surface area contributed by atoms with Crippen molar-refractivity contribution in [1.82, 2.24) is 0 Å². The molecule has 0 bridgehead atoms. The summed E-state index contributed by atoms with van der Waals surface area (Å²) in [6, 6.07) is 0. The summed E-state index contributed by atoms with van der Waals surface area (Å²) in [5.41, 5.74) is 0. The highest BCUT2D eigenvalue weighted by atomic mass is 14.1. The Morgan fingerprint density at radius 2 is 1.04 bits per heavy atom. The first kappa shape index (κ1) is 23.7. The molecule has 0 fully saturated rings. The second kappa shape index (κ2) is 19.1. The third-order valence-corrected chi connectivity index (χ3v) is 5.36. The predicted octanol–water partition coefficient (Wildman–Crippen LogP) is 9.10. The van der Waals surface area contributed by atoms with Gasteiger partial charge in [0, 0.05) is 0 Å². The van der Waals surface area contributed by atoms with Crippen molar-refractivity contribution in [3.63, 3.8) is 0 Å². The second-order valence-electron chi connectivity index (χ2n) is 8.17. The number of hydrogen-bond donors (Lipinski definition) is 0. The number of unbranched alkanes of at least 4 members (excludes halogenated alkanes) is 10. The van der Waals surface area contributed by atoms with Crippen LogP contribution in [0.25, 0.3) is 0 Å². The maximum absolute atomic E-state index is 2.47. The van der Waals surface area contributed by atoms with Crippen molar-refractivity contribution in [3.8, 4) is 0 Å². The normalized spacial score (nSPS) is 14.3. The van der Waals surface area contributed by atoms with E-state index >= 15 is 0 Å². The lowest BCUT2D eigenvalue weighted by Crippen LogP contribution is -1.95. The number of rotatable bonds is 18. The van der Waals surface area contributed by atoms with Gasteiger partial charge in [-0.3, -0.25) is 0 Å². The molecule has 144 valence electrons. The summed E-state index contributed by atoms with van der Waals surface area (Å²) >= 11 is 0. The van der Waals surface area contributed by atoms with Crippen LogP contribution in [0.2, 0.25) is 0 Å². The average molecular weight is 337 g/mol. The van der Waals surface area contributed by atoms with Gasteiger partial charge >= 0.3 is 0 Å². The molecule has 0 aliphatic carbocycles. The Morgan fingerprint density at radius 3 is 1.54 bits per heavy atom. The van der Waals surface area contributed by atoms with Crippen LogP contribution >= 0.6 is 0 Å². The van der Waals surface area contributed by atoms with Crippen LogP contribution < -0.4 is 0 Å². The Hall–Kier alpha value is -0.260. The van der Waals surface area contributed by atoms with E-state index in [-0.39, 0.29) is 0 Å². The van der Waals surface area contributed by atoms with Gasteiger partial charge in [-0.1, -0.05) is 130 Å². The summed E-state index contributed by atoms with van der Waals surface area (Å²) < 4.78 is 0. The van der Waals surface area contributed by atoms with Crippen LogP contribution in [-0.4, -0.2) is 0 Å². The van der Waals surface area contributed by atoms with Crippen molar-refractivity contribution >= 4 is 0 Å². The van der Waals surface area contributed by atoms with Gasteiger partial charge in [0.15, 0.2) is 0 Å². The van der Waals surface area contributed by atoms with Gasteiger partial charge in [0.1, 0.15) is 0 Å². The second-order valence-corrected chi connectivity index (χ2v) is 8.17. The molecule has 0 rings (SSSR count). The summed E-state index contributed by atoms with van der Waals surface area (Å²) in [6.45, 7) is 9.34. The van der Waals surface area contributed by atoms with E-state index in [1.165, 1.54) is 103 Å². The van der Waals surface area contributed by atoms with Gasteiger partial charge in [-0.15, -0.1) is 0 Å². The van der Waals surface area contributed by atoms with E-state index in [9.17, 15) is 0 Å². The molecule has 0 aromatic carbocycles. The number of hydrogen-bond acceptors (Lipinski definition) is 0. The molecule has 2 atom stereocenters. The Kier molecular flexibility index (Phi) is 18.9. The molecule has 0 nitrogen and oxygen atoms in total. The molecule has 0 spiro atoms. The van der Waals surface area contributed by atoms with E-state index < -0.39 is 0 Å². The Labute approximate surface area is 154 Å². The lowest BCUT2D eigenvalue weighted by atomic mass is 9.96. The van der Waals surface area contributed by atoms with Crippen molar-refractivity contribution in [2.24, 2.45) is 11.8 Å². The molecule has 0 saturated carbocycles. The molecule has 0 heterocycles. The highest BCUT2D eigenvalue weighted by Crippen LogP contribution is 2.19. The monoisotopic (exact) mass is 336 g/mol. The Morgan fingerprint density at radius 1 is 0.583 bits per heavy atom. The van der Waals surface area contributed by atoms with Crippen LogP contribution in [0.4, 0.5) is 0 Å². The fourth-order valence-electron chi connectivity index (χ4n) is 3.55. The molecule has 0 saturated heterocycles. The molecule has 0 aromatic rings. The fraction of sp³-hybridized carbons (Fsp3) is 0.917. The zero-order chi connectivity index (χ0) is 17.9. The molecule has 0 heteroatoms. The van der Waals surface area contributed by atoms with E-state index in [1.54, 1.807) is 0 Å². The van der Waals surface area contributed by atoms with Gasteiger partial charge in [0.25, 0.3) is 0 Å². The first-order valence-electron chi connectivity index (χ1n) is 11.4. The standard InChI is InChI=1S/C24H48/c1-5-7-9-13-16-21-24(4)22-18-15-12-10-11-14-17-20-23(3)19-8-6-2/h8,19,23-24H,5-7,9-18,20-22H2,1-4H3. The zero-order valence-corrected chi connectivity index (χ0v) is 17.6. The molecule has 0 aliphatic rings. The van der Waals surface area contributed by atoms with Crippen LogP contribution in [-0.2, 0) is 0 Å². The summed E-state index contributed by atoms with van der Waals surface area (Å²) in [6.07, 6.45) is 27.6. The highest BCUT2D eigenvalue weighted by Gasteiger charge is 2.02. The minimum Gasteiger partial charge on any atom is -0.0885 e. The van der Waals surface area contributed by atoms with Crippen LogP contribution in [0, 0.1) is 11.8 Å². The molecular formula is C24H48. The lowest BCUT2D eigenvalue weighted by Gasteiger charge is -2.11. The maximum atomic E-state index is 2.47. The Balaban J connectivity index is 3.23. The van der Waals surface area contributed by atoms with Crippen LogP contribution in [0.15, 0.2) is 12.2 Å². The third kappa shape index (κ3) is 18.1. The Bertz CT molecular complexity index is 253. The zero-order valence-electron chi connectivity index (χ0n) is 17.6. The fourth-order valence-corrected chi connectivity index (χ4v) is 3.55. The van der Waals surface area contributed by atoms with Gasteiger partial charge in [-0.25, -0.2) is 0 Å². The van der Waals surface area contributed by atoms with Crippen molar-refractivity contribution in [2.45, 2.75) is 130 Å². The van der Waals surface area contributed by atoms with Crippen LogP contribution in [0.3, 0.4) is 0 Å². The molecule has 0 radical (unpaired) electrons. The first-order valence-corrected chi connectivity index (χ1v) is 11.4. The van der Waals surface area contributed by atoms with E-state index in [2.05, 4.69) is 39.8 Å². The van der Waals surface area contributed by atoms with E-state index in [4.69, 9.17) is 0 Å². The smallest absolute Gasteiger partial charge is 0.0262 e. The van der Waals surface area contributed by atoms with Crippen molar-refractivity contribution in [3.05, 3.63) is 12.2 Å². The quantitative estimate of drug-likeness (QED) is 0.173. The molecule has 0 amide bonds. The van der Waals surface area contributed by atoms with E-state index in [1.807, 2.05) is 0 Å². The molecule has 0 N–H and O–H groups in total. The van der Waals surface area contributed by atoms with Gasteiger partial charge in [-0.05, 0) is 24.7 Å².